The van der Waals surface area contributed by atoms with Gasteiger partial charge in [-0.3, -0.25) is 9.10 Å². The number of nitrogens with one attached hydrogen (secondary N) is 1. The van der Waals surface area contributed by atoms with E-state index in [0.29, 0.717) is 11.4 Å². The number of sulfonamides is 1. The standard InChI is InChI=1S/C29H33ClN2O5S/c1-5-29(6-2)18-24(23-9-7-8-10-26(23)37-29)31-28(33)19-32(25-17-21(30)13-16-27(25)36-4)38(34,35)22-14-11-20(3)12-15-22/h7-17,24H,5-6,18-19H2,1-4H3,(H,31,33). The fourth-order valence-corrected chi connectivity index (χ4v) is 6.39. The molecule has 3 aromatic carbocycles. The summed E-state index contributed by atoms with van der Waals surface area (Å²) in [6.07, 6.45) is 2.13. The molecule has 7 nitrogen and oxygen atoms in total. The molecule has 0 aromatic heterocycles. The summed E-state index contributed by atoms with van der Waals surface area (Å²) in [6.45, 7) is 5.55. The van der Waals surface area contributed by atoms with E-state index in [9.17, 15) is 13.2 Å². The summed E-state index contributed by atoms with van der Waals surface area (Å²) in [6, 6.07) is 18.5. The van der Waals surface area contributed by atoms with Crippen molar-refractivity contribution < 1.29 is 22.7 Å². The van der Waals surface area contributed by atoms with Gasteiger partial charge in [-0.2, -0.15) is 0 Å². The Balaban J connectivity index is 1.71. The number of hydrogen-bond donors (Lipinski definition) is 1. The van der Waals surface area contributed by atoms with Gasteiger partial charge in [-0.15, -0.1) is 0 Å². The Kier molecular flexibility index (Phi) is 8.23. The van der Waals surface area contributed by atoms with Gasteiger partial charge in [0, 0.05) is 17.0 Å². The second kappa shape index (κ2) is 11.3. The molecular formula is C29H33ClN2O5S. The van der Waals surface area contributed by atoms with Crippen LogP contribution in [0.5, 0.6) is 11.5 Å². The third-order valence-electron chi connectivity index (χ3n) is 7.13. The molecule has 0 fully saturated rings. The fraction of sp³-hybridized carbons (Fsp3) is 0.345. The maximum Gasteiger partial charge on any atom is 0.264 e. The summed E-state index contributed by atoms with van der Waals surface area (Å²) in [5, 5.41) is 3.40. The molecule has 1 unspecified atom stereocenters. The van der Waals surface area contributed by atoms with E-state index in [1.54, 1.807) is 24.3 Å². The number of benzene rings is 3. The van der Waals surface area contributed by atoms with Crippen molar-refractivity contribution in [3.05, 3.63) is 82.9 Å². The number of carbonyl (C=O) groups is 1. The maximum absolute atomic E-state index is 13.9. The van der Waals surface area contributed by atoms with Crippen LogP contribution in [0.15, 0.2) is 71.6 Å². The molecule has 4 rings (SSSR count). The van der Waals surface area contributed by atoms with Gasteiger partial charge in [0.25, 0.3) is 10.0 Å². The molecule has 1 atom stereocenters. The predicted molar refractivity (Wildman–Crippen MR) is 150 cm³/mol. The number of ether oxygens (including phenoxy) is 2. The lowest BCUT2D eigenvalue weighted by molar-refractivity contribution is -0.121. The van der Waals surface area contributed by atoms with E-state index >= 15 is 0 Å². The molecule has 0 bridgehead atoms. The first-order valence-corrected chi connectivity index (χ1v) is 14.4. The number of halogens is 1. The van der Waals surface area contributed by atoms with E-state index in [4.69, 9.17) is 21.1 Å². The highest BCUT2D eigenvalue weighted by atomic mass is 35.5. The number of hydrogen-bond acceptors (Lipinski definition) is 5. The summed E-state index contributed by atoms with van der Waals surface area (Å²) in [5.41, 5.74) is 1.55. The van der Waals surface area contributed by atoms with Crippen molar-refractivity contribution in [3.63, 3.8) is 0 Å². The van der Waals surface area contributed by atoms with Gasteiger partial charge in [-0.05, 0) is 56.2 Å². The third kappa shape index (κ3) is 5.61. The monoisotopic (exact) mass is 556 g/mol. The van der Waals surface area contributed by atoms with Crippen LogP contribution in [0.2, 0.25) is 5.02 Å². The average Bonchev–Trinajstić information content (AvgIpc) is 2.91. The number of nitrogens with zero attached hydrogens (tertiary/aromatic N) is 1. The third-order valence-corrected chi connectivity index (χ3v) is 9.14. The first-order chi connectivity index (χ1) is 18.1. The lowest BCUT2D eigenvalue weighted by Gasteiger charge is -2.41. The first-order valence-electron chi connectivity index (χ1n) is 12.6. The molecule has 9 heteroatoms. The van der Waals surface area contributed by atoms with Crippen molar-refractivity contribution in [2.45, 2.75) is 56.6 Å². The Morgan fingerprint density at radius 3 is 2.45 bits per heavy atom. The summed E-state index contributed by atoms with van der Waals surface area (Å²) in [4.78, 5) is 13.6. The number of para-hydroxylation sites is 1. The number of rotatable bonds is 9. The van der Waals surface area contributed by atoms with Gasteiger partial charge in [0.2, 0.25) is 5.91 Å². The second-order valence-electron chi connectivity index (χ2n) is 9.50. The predicted octanol–water partition coefficient (Wildman–Crippen LogP) is 6.05. The number of methoxy groups -OCH3 is 1. The Bertz CT molecular complexity index is 1400. The molecule has 1 aliphatic heterocycles. The minimum Gasteiger partial charge on any atom is -0.495 e. The van der Waals surface area contributed by atoms with Crippen molar-refractivity contribution in [1.29, 1.82) is 0 Å². The minimum atomic E-state index is -4.14. The van der Waals surface area contributed by atoms with Crippen molar-refractivity contribution in [2.75, 3.05) is 18.0 Å². The Labute approximate surface area is 229 Å². The molecule has 0 saturated heterocycles. The number of fused-ring (bicyclic) bond motifs is 1. The van der Waals surface area contributed by atoms with Gasteiger partial charge in [0.05, 0.1) is 23.7 Å². The highest BCUT2D eigenvalue weighted by Gasteiger charge is 2.39. The Morgan fingerprint density at radius 2 is 1.79 bits per heavy atom. The smallest absolute Gasteiger partial charge is 0.264 e. The first kappa shape index (κ1) is 27.8. The molecule has 1 amide bonds. The van der Waals surface area contributed by atoms with E-state index in [0.717, 1.165) is 34.0 Å². The van der Waals surface area contributed by atoms with E-state index in [1.807, 2.05) is 31.2 Å². The largest absolute Gasteiger partial charge is 0.495 e. The topological polar surface area (TPSA) is 84.9 Å². The summed E-state index contributed by atoms with van der Waals surface area (Å²) >= 11 is 6.25. The summed E-state index contributed by atoms with van der Waals surface area (Å²) in [5.74, 6) is 0.559. The van der Waals surface area contributed by atoms with Crippen LogP contribution in [0, 0.1) is 6.92 Å². The quantitative estimate of drug-likeness (QED) is 0.347. The summed E-state index contributed by atoms with van der Waals surface area (Å²) < 4.78 is 40.6. The lowest BCUT2D eigenvalue weighted by Crippen LogP contribution is -2.47. The van der Waals surface area contributed by atoms with Crippen LogP contribution in [-0.2, 0) is 14.8 Å². The molecule has 1 N–H and O–H groups in total. The average molecular weight is 557 g/mol. The van der Waals surface area contributed by atoms with E-state index in [2.05, 4.69) is 19.2 Å². The number of aryl methyl sites for hydroxylation is 1. The minimum absolute atomic E-state index is 0.0605. The van der Waals surface area contributed by atoms with E-state index in [-0.39, 0.29) is 22.4 Å². The van der Waals surface area contributed by atoms with Gasteiger partial charge < -0.3 is 14.8 Å². The van der Waals surface area contributed by atoms with Crippen LogP contribution >= 0.6 is 11.6 Å². The van der Waals surface area contributed by atoms with Crippen molar-refractivity contribution in [1.82, 2.24) is 5.32 Å². The molecule has 1 aliphatic rings. The SMILES string of the molecule is CCC1(CC)CC(NC(=O)CN(c2cc(Cl)ccc2OC)S(=O)(=O)c2ccc(C)cc2)c2ccccc2O1. The second-order valence-corrected chi connectivity index (χ2v) is 11.8. The van der Waals surface area contributed by atoms with Gasteiger partial charge in [0.15, 0.2) is 0 Å². The van der Waals surface area contributed by atoms with Crippen LogP contribution in [-0.4, -0.2) is 33.6 Å². The summed E-state index contributed by atoms with van der Waals surface area (Å²) in [7, 11) is -2.70. The van der Waals surface area contributed by atoms with Gasteiger partial charge in [0.1, 0.15) is 23.6 Å². The van der Waals surface area contributed by atoms with Crippen LogP contribution in [0.4, 0.5) is 5.69 Å². The Morgan fingerprint density at radius 1 is 1.11 bits per heavy atom. The van der Waals surface area contributed by atoms with Crippen molar-refractivity contribution in [2.24, 2.45) is 0 Å². The molecule has 3 aromatic rings. The van der Waals surface area contributed by atoms with E-state index in [1.165, 1.54) is 25.3 Å². The van der Waals surface area contributed by atoms with Gasteiger partial charge >= 0.3 is 0 Å². The molecule has 0 aliphatic carbocycles. The molecule has 202 valence electrons. The normalized spacial score (nSPS) is 16.2. The lowest BCUT2D eigenvalue weighted by atomic mass is 9.83. The molecule has 0 saturated carbocycles. The van der Waals surface area contributed by atoms with E-state index < -0.39 is 28.1 Å². The van der Waals surface area contributed by atoms with Crippen molar-refractivity contribution >= 4 is 33.2 Å². The van der Waals surface area contributed by atoms with Crippen molar-refractivity contribution in [3.8, 4) is 11.5 Å². The zero-order valence-corrected chi connectivity index (χ0v) is 23.6. The molecular weight excluding hydrogens is 524 g/mol. The highest BCUT2D eigenvalue weighted by Crippen LogP contribution is 2.43. The van der Waals surface area contributed by atoms with Crippen LogP contribution in [0.3, 0.4) is 0 Å². The molecule has 1 heterocycles. The van der Waals surface area contributed by atoms with Crippen LogP contribution < -0.4 is 19.1 Å². The number of carbonyl (C=O) groups excluding carboxylic acids is 1. The maximum atomic E-state index is 13.9. The van der Waals surface area contributed by atoms with Crippen LogP contribution in [0.1, 0.15) is 50.3 Å². The number of amides is 1. The van der Waals surface area contributed by atoms with Crippen LogP contribution in [0.25, 0.3) is 0 Å². The fourth-order valence-electron chi connectivity index (χ4n) is 4.80. The highest BCUT2D eigenvalue weighted by molar-refractivity contribution is 7.92. The molecule has 0 radical (unpaired) electrons. The molecule has 0 spiro atoms. The number of anilines is 1. The van der Waals surface area contributed by atoms with Gasteiger partial charge in [-0.25, -0.2) is 8.42 Å². The molecule has 38 heavy (non-hydrogen) atoms. The van der Waals surface area contributed by atoms with Gasteiger partial charge in [-0.1, -0.05) is 61.3 Å². The zero-order valence-electron chi connectivity index (χ0n) is 22.0. The Hall–Kier alpha value is -3.23. The zero-order chi connectivity index (χ0) is 27.5.